The topological polar surface area (TPSA) is 80.3 Å². The molecule has 0 unspecified atom stereocenters. The molecule has 0 atom stereocenters. The Morgan fingerprint density at radius 2 is 1.26 bits per heavy atom. The van der Waals surface area contributed by atoms with Gasteiger partial charge < -0.3 is 5.32 Å². The number of carbonyl (C=O) groups is 4. The van der Waals surface area contributed by atoms with E-state index < -0.39 is 0 Å². The van der Waals surface area contributed by atoms with Crippen LogP contribution in [0.5, 0.6) is 0 Å². The minimum Gasteiger partial charge on any atom is -0.322 e. The van der Waals surface area contributed by atoms with Gasteiger partial charge in [-0.3, -0.25) is 19.2 Å². The molecule has 5 rings (SSSR count). The summed E-state index contributed by atoms with van der Waals surface area (Å²) in [5.41, 5.74) is 3.12. The Bertz CT molecular complexity index is 1520. The third-order valence-electron chi connectivity index (χ3n) is 5.85. The fourth-order valence-corrected chi connectivity index (χ4v) is 4.08. The summed E-state index contributed by atoms with van der Waals surface area (Å²) in [7, 11) is 0. The number of carbonyl (C=O) groups excluding carboxylic acids is 4. The Morgan fingerprint density at radius 1 is 0.629 bits per heavy atom. The number of para-hydroxylation sites is 1. The molecule has 4 aromatic carbocycles. The van der Waals surface area contributed by atoms with Crippen LogP contribution in [-0.2, 0) is 0 Å². The molecule has 1 N–H and O–H groups in total. The summed E-state index contributed by atoms with van der Waals surface area (Å²) in [5, 5.41) is 2.82. The van der Waals surface area contributed by atoms with E-state index in [0.717, 1.165) is 0 Å². The zero-order valence-electron chi connectivity index (χ0n) is 18.5. The number of nitrogens with one attached hydrogen (secondary N) is 1. The van der Waals surface area contributed by atoms with E-state index in [2.05, 4.69) is 5.32 Å². The van der Waals surface area contributed by atoms with Gasteiger partial charge in [-0.1, -0.05) is 78.9 Å². The normalized spacial score (nSPS) is 12.2. The van der Waals surface area contributed by atoms with Crippen LogP contribution < -0.4 is 5.32 Å². The first-order chi connectivity index (χ1) is 17.0. The molecule has 1 aliphatic rings. The number of ketones is 3. The summed E-state index contributed by atoms with van der Waals surface area (Å²) in [6.45, 7) is 0. The van der Waals surface area contributed by atoms with Crippen LogP contribution in [-0.4, -0.2) is 23.3 Å². The molecule has 0 saturated carbocycles. The van der Waals surface area contributed by atoms with Gasteiger partial charge >= 0.3 is 0 Å². The van der Waals surface area contributed by atoms with Gasteiger partial charge in [0.15, 0.2) is 17.3 Å². The van der Waals surface area contributed by atoms with Gasteiger partial charge in [0.2, 0.25) is 0 Å². The van der Waals surface area contributed by atoms with Crippen LogP contribution in [0.4, 0.5) is 5.69 Å². The fraction of sp³-hybridized carbons (Fsp3) is 0. The Balaban J connectivity index is 1.36. The molecule has 5 heteroatoms. The summed E-state index contributed by atoms with van der Waals surface area (Å²) >= 11 is 0. The number of hydrogen-bond donors (Lipinski definition) is 1. The largest absolute Gasteiger partial charge is 0.322 e. The summed E-state index contributed by atoms with van der Waals surface area (Å²) in [6, 6.07) is 27.3. The minimum absolute atomic E-state index is 0.138. The summed E-state index contributed by atoms with van der Waals surface area (Å²) in [4.78, 5) is 51.4. The zero-order valence-corrected chi connectivity index (χ0v) is 18.5. The molecule has 0 spiro atoms. The highest BCUT2D eigenvalue weighted by Crippen LogP contribution is 2.30. The maximum absolute atomic E-state index is 13.1. The Morgan fingerprint density at radius 3 is 1.97 bits per heavy atom. The molecule has 5 nitrogen and oxygen atoms in total. The molecule has 168 valence electrons. The Labute approximate surface area is 201 Å². The highest BCUT2D eigenvalue weighted by atomic mass is 16.2. The first-order valence-corrected chi connectivity index (χ1v) is 11.0. The van der Waals surface area contributed by atoms with E-state index in [0.29, 0.717) is 27.9 Å². The molecule has 35 heavy (non-hydrogen) atoms. The van der Waals surface area contributed by atoms with Crippen molar-refractivity contribution in [2.24, 2.45) is 0 Å². The van der Waals surface area contributed by atoms with Crippen LogP contribution in [0.1, 0.15) is 58.1 Å². The monoisotopic (exact) mass is 457 g/mol. The van der Waals surface area contributed by atoms with Crippen LogP contribution >= 0.6 is 0 Å². The molecular weight excluding hydrogens is 438 g/mol. The molecule has 0 heterocycles. The van der Waals surface area contributed by atoms with Crippen molar-refractivity contribution < 1.29 is 19.2 Å². The summed E-state index contributed by atoms with van der Waals surface area (Å²) < 4.78 is 0. The van der Waals surface area contributed by atoms with Gasteiger partial charge in [-0.25, -0.2) is 0 Å². The average Bonchev–Trinajstić information content (AvgIpc) is 2.91. The maximum atomic E-state index is 13.1. The van der Waals surface area contributed by atoms with Crippen LogP contribution in [0.2, 0.25) is 0 Å². The van der Waals surface area contributed by atoms with Gasteiger partial charge in [0, 0.05) is 39.1 Å². The lowest BCUT2D eigenvalue weighted by Gasteiger charge is -2.19. The maximum Gasteiger partial charge on any atom is 0.255 e. The van der Waals surface area contributed by atoms with Crippen molar-refractivity contribution in [2.75, 3.05) is 5.32 Å². The number of anilines is 1. The minimum atomic E-state index is -0.381. The summed E-state index contributed by atoms with van der Waals surface area (Å²) in [5.74, 6) is -1.21. The standard InChI is InChI=1S/C30H19NO4/c32-26(18-15-19-13-16-20(17-14-19)30(35)31-21-7-2-1-3-8-21)24-11-6-12-25-27(24)29(34)23-10-5-4-9-22(23)28(25)33/h1-18H,(H,31,35)/b18-15+. The van der Waals surface area contributed by atoms with Gasteiger partial charge in [0.25, 0.3) is 5.91 Å². The second-order valence-electron chi connectivity index (χ2n) is 8.07. The van der Waals surface area contributed by atoms with Gasteiger partial charge in [0.05, 0.1) is 0 Å². The highest BCUT2D eigenvalue weighted by molar-refractivity contribution is 6.31. The van der Waals surface area contributed by atoms with E-state index in [1.54, 1.807) is 84.9 Å². The SMILES string of the molecule is O=C(Nc1ccccc1)c1ccc(/C=C/C(=O)c2cccc3c2C(=O)c2ccccc2C3=O)cc1. The van der Waals surface area contributed by atoms with Gasteiger partial charge in [-0.2, -0.15) is 0 Å². The Hall–Kier alpha value is -4.90. The van der Waals surface area contributed by atoms with E-state index in [-0.39, 0.29) is 39.9 Å². The lowest BCUT2D eigenvalue weighted by atomic mass is 9.81. The number of fused-ring (bicyclic) bond motifs is 2. The number of amides is 1. The van der Waals surface area contributed by atoms with Crippen molar-refractivity contribution in [1.82, 2.24) is 0 Å². The average molecular weight is 457 g/mol. The van der Waals surface area contributed by atoms with E-state index in [4.69, 9.17) is 0 Å². The van der Waals surface area contributed by atoms with Crippen molar-refractivity contribution in [3.05, 3.63) is 142 Å². The predicted molar refractivity (Wildman–Crippen MR) is 134 cm³/mol. The second kappa shape index (κ2) is 9.15. The van der Waals surface area contributed by atoms with Gasteiger partial charge in [0.1, 0.15) is 0 Å². The second-order valence-corrected chi connectivity index (χ2v) is 8.07. The third kappa shape index (κ3) is 4.23. The lowest BCUT2D eigenvalue weighted by molar-refractivity contribution is 0.0972. The quantitative estimate of drug-likeness (QED) is 0.275. The number of rotatable bonds is 5. The molecule has 0 fully saturated rings. The van der Waals surface area contributed by atoms with E-state index in [9.17, 15) is 19.2 Å². The molecule has 1 amide bonds. The lowest BCUT2D eigenvalue weighted by Crippen LogP contribution is -2.23. The van der Waals surface area contributed by atoms with Gasteiger partial charge in [-0.15, -0.1) is 0 Å². The molecule has 1 aliphatic carbocycles. The van der Waals surface area contributed by atoms with E-state index >= 15 is 0 Å². The smallest absolute Gasteiger partial charge is 0.255 e. The summed E-state index contributed by atoms with van der Waals surface area (Å²) in [6.07, 6.45) is 2.98. The van der Waals surface area contributed by atoms with Crippen molar-refractivity contribution in [1.29, 1.82) is 0 Å². The van der Waals surface area contributed by atoms with Crippen LogP contribution in [0.15, 0.2) is 103 Å². The number of benzene rings is 4. The molecule has 4 aromatic rings. The van der Waals surface area contributed by atoms with Crippen LogP contribution in [0, 0.1) is 0 Å². The zero-order chi connectivity index (χ0) is 24.4. The van der Waals surface area contributed by atoms with Crippen molar-refractivity contribution in [2.45, 2.75) is 0 Å². The molecule has 0 aliphatic heterocycles. The fourth-order valence-electron chi connectivity index (χ4n) is 4.08. The van der Waals surface area contributed by atoms with Crippen molar-refractivity contribution >= 4 is 35.0 Å². The Kier molecular flexibility index (Phi) is 5.73. The molecule has 0 saturated heterocycles. The molecule has 0 radical (unpaired) electrons. The molecule has 0 aromatic heterocycles. The highest BCUT2D eigenvalue weighted by Gasteiger charge is 2.32. The van der Waals surface area contributed by atoms with E-state index in [1.807, 2.05) is 18.2 Å². The first-order valence-electron chi connectivity index (χ1n) is 11.0. The van der Waals surface area contributed by atoms with Crippen LogP contribution in [0.25, 0.3) is 6.08 Å². The van der Waals surface area contributed by atoms with Crippen LogP contribution in [0.3, 0.4) is 0 Å². The van der Waals surface area contributed by atoms with Crippen molar-refractivity contribution in [3.8, 4) is 0 Å². The van der Waals surface area contributed by atoms with Crippen molar-refractivity contribution in [3.63, 3.8) is 0 Å². The predicted octanol–water partition coefficient (Wildman–Crippen LogP) is 5.61. The van der Waals surface area contributed by atoms with E-state index in [1.165, 1.54) is 6.08 Å². The number of hydrogen-bond acceptors (Lipinski definition) is 4. The van der Waals surface area contributed by atoms with Gasteiger partial charge in [-0.05, 0) is 35.9 Å². The molecule has 0 bridgehead atoms. The first kappa shape index (κ1) is 21.9. The number of allylic oxidation sites excluding steroid dienone is 1. The molecular formula is C30H19NO4. The third-order valence-corrected chi connectivity index (χ3v) is 5.85.